The number of carboxylic acids is 1. The molecule has 0 aliphatic carbocycles. The maximum atomic E-state index is 11.2. The first-order valence-electron chi connectivity index (χ1n) is 6.02. The predicted molar refractivity (Wildman–Crippen MR) is 74.3 cm³/mol. The number of hydrogen-bond acceptors (Lipinski definition) is 4. The van der Waals surface area contributed by atoms with E-state index < -0.39 is 5.97 Å². The van der Waals surface area contributed by atoms with Crippen molar-refractivity contribution in [3.05, 3.63) is 46.2 Å². The highest BCUT2D eigenvalue weighted by Gasteiger charge is 2.23. The summed E-state index contributed by atoms with van der Waals surface area (Å²) in [4.78, 5) is 14.6. The third kappa shape index (κ3) is 2.29. The average molecular weight is 275 g/mol. The first-order valence-corrected chi connectivity index (χ1v) is 6.90. The molecule has 1 aromatic heterocycles. The van der Waals surface area contributed by atoms with Crippen molar-refractivity contribution in [1.29, 1.82) is 0 Å². The SMILES string of the molecule is O=C(O)c1cccc2c1OCCN2Cc1cccs1. The summed E-state index contributed by atoms with van der Waals surface area (Å²) in [7, 11) is 0. The van der Waals surface area contributed by atoms with Crippen molar-refractivity contribution in [2.45, 2.75) is 6.54 Å². The van der Waals surface area contributed by atoms with Crippen molar-refractivity contribution in [1.82, 2.24) is 0 Å². The van der Waals surface area contributed by atoms with E-state index in [0.29, 0.717) is 12.4 Å². The van der Waals surface area contributed by atoms with Crippen LogP contribution in [0.5, 0.6) is 5.75 Å². The van der Waals surface area contributed by atoms with Crippen LogP contribution in [0.3, 0.4) is 0 Å². The van der Waals surface area contributed by atoms with Gasteiger partial charge in [0.15, 0.2) is 5.75 Å². The van der Waals surface area contributed by atoms with Crippen molar-refractivity contribution in [2.24, 2.45) is 0 Å². The van der Waals surface area contributed by atoms with Crippen LogP contribution in [0.15, 0.2) is 35.7 Å². The van der Waals surface area contributed by atoms with Crippen LogP contribution in [0, 0.1) is 0 Å². The largest absolute Gasteiger partial charge is 0.489 e. The van der Waals surface area contributed by atoms with E-state index in [-0.39, 0.29) is 5.56 Å². The van der Waals surface area contributed by atoms with Gasteiger partial charge in [-0.1, -0.05) is 12.1 Å². The lowest BCUT2D eigenvalue weighted by atomic mass is 10.1. The lowest BCUT2D eigenvalue weighted by molar-refractivity contribution is 0.0692. The highest BCUT2D eigenvalue weighted by molar-refractivity contribution is 7.09. The fraction of sp³-hybridized carbons (Fsp3) is 0.214. The Morgan fingerprint density at radius 2 is 2.26 bits per heavy atom. The van der Waals surface area contributed by atoms with Crippen LogP contribution in [0.1, 0.15) is 15.2 Å². The van der Waals surface area contributed by atoms with E-state index in [0.717, 1.165) is 18.8 Å². The van der Waals surface area contributed by atoms with Crippen LogP contribution >= 0.6 is 11.3 Å². The Bertz CT molecular complexity index is 595. The molecule has 1 N–H and O–H groups in total. The van der Waals surface area contributed by atoms with Gasteiger partial charge in [-0.15, -0.1) is 11.3 Å². The topological polar surface area (TPSA) is 49.8 Å². The van der Waals surface area contributed by atoms with Gasteiger partial charge in [0, 0.05) is 4.88 Å². The molecule has 0 amide bonds. The Hall–Kier alpha value is -2.01. The van der Waals surface area contributed by atoms with Crippen molar-refractivity contribution < 1.29 is 14.6 Å². The first kappa shape index (κ1) is 12.0. The zero-order chi connectivity index (χ0) is 13.2. The number of thiophene rings is 1. The molecule has 2 heterocycles. The number of aromatic carboxylic acids is 1. The van der Waals surface area contributed by atoms with Crippen molar-refractivity contribution >= 4 is 23.0 Å². The van der Waals surface area contributed by atoms with Crippen LogP contribution < -0.4 is 9.64 Å². The van der Waals surface area contributed by atoms with Crippen LogP contribution in [-0.4, -0.2) is 24.2 Å². The number of anilines is 1. The van der Waals surface area contributed by atoms with Crippen molar-refractivity contribution in [3.8, 4) is 5.75 Å². The summed E-state index contributed by atoms with van der Waals surface area (Å²) in [5.41, 5.74) is 1.09. The fourth-order valence-electron chi connectivity index (χ4n) is 2.23. The maximum absolute atomic E-state index is 11.2. The van der Waals surface area contributed by atoms with Gasteiger partial charge in [0.1, 0.15) is 12.2 Å². The summed E-state index contributed by atoms with van der Waals surface area (Å²) in [6.45, 7) is 2.08. The number of rotatable bonds is 3. The van der Waals surface area contributed by atoms with Gasteiger partial charge < -0.3 is 14.7 Å². The second-order valence-corrected chi connectivity index (χ2v) is 5.34. The third-order valence-electron chi connectivity index (χ3n) is 3.10. The number of benzene rings is 1. The summed E-state index contributed by atoms with van der Waals surface area (Å²) < 4.78 is 5.55. The smallest absolute Gasteiger partial charge is 0.339 e. The van der Waals surface area contributed by atoms with Gasteiger partial charge in [-0.2, -0.15) is 0 Å². The van der Waals surface area contributed by atoms with Gasteiger partial charge in [-0.05, 0) is 23.6 Å². The molecule has 3 rings (SSSR count). The number of hydrogen-bond donors (Lipinski definition) is 1. The van der Waals surface area contributed by atoms with E-state index in [4.69, 9.17) is 4.74 Å². The molecule has 0 fully saturated rings. The van der Waals surface area contributed by atoms with Gasteiger partial charge in [0.2, 0.25) is 0 Å². The van der Waals surface area contributed by atoms with E-state index in [1.54, 1.807) is 23.5 Å². The Morgan fingerprint density at radius 3 is 3.00 bits per heavy atom. The molecule has 1 aliphatic heterocycles. The van der Waals surface area contributed by atoms with Crippen molar-refractivity contribution in [3.63, 3.8) is 0 Å². The molecule has 0 unspecified atom stereocenters. The molecule has 0 spiro atoms. The zero-order valence-electron chi connectivity index (χ0n) is 10.2. The molecule has 0 bridgehead atoms. The standard InChI is InChI=1S/C14H13NO3S/c16-14(17)11-4-1-5-12-13(11)18-7-6-15(12)9-10-3-2-8-19-10/h1-5,8H,6-7,9H2,(H,16,17). The minimum atomic E-state index is -0.949. The highest BCUT2D eigenvalue weighted by atomic mass is 32.1. The lowest BCUT2D eigenvalue weighted by Gasteiger charge is -2.31. The molecule has 0 atom stereocenters. The summed E-state index contributed by atoms with van der Waals surface area (Å²) >= 11 is 1.70. The molecule has 2 aromatic rings. The molecule has 0 saturated heterocycles. The molecule has 98 valence electrons. The molecular formula is C14H13NO3S. The number of nitrogens with zero attached hydrogens (tertiary/aromatic N) is 1. The van der Waals surface area contributed by atoms with Gasteiger partial charge in [0.05, 0.1) is 18.8 Å². The number of ether oxygens (including phenoxy) is 1. The van der Waals surface area contributed by atoms with E-state index in [1.807, 2.05) is 17.5 Å². The molecule has 1 aromatic carbocycles. The molecule has 0 saturated carbocycles. The third-order valence-corrected chi connectivity index (χ3v) is 3.96. The minimum Gasteiger partial charge on any atom is -0.489 e. The van der Waals surface area contributed by atoms with Crippen LogP contribution in [0.25, 0.3) is 0 Å². The summed E-state index contributed by atoms with van der Waals surface area (Å²) in [6.07, 6.45) is 0. The molecule has 19 heavy (non-hydrogen) atoms. The monoisotopic (exact) mass is 275 g/mol. The van der Waals surface area contributed by atoms with Crippen molar-refractivity contribution in [2.75, 3.05) is 18.1 Å². The quantitative estimate of drug-likeness (QED) is 0.935. The Balaban J connectivity index is 1.96. The fourth-order valence-corrected chi connectivity index (χ4v) is 2.95. The van der Waals surface area contributed by atoms with E-state index in [1.165, 1.54) is 4.88 Å². The predicted octanol–water partition coefficient (Wildman–Crippen LogP) is 2.85. The Morgan fingerprint density at radius 1 is 1.37 bits per heavy atom. The normalized spacial score (nSPS) is 13.8. The molecule has 4 nitrogen and oxygen atoms in total. The highest BCUT2D eigenvalue weighted by Crippen LogP contribution is 2.36. The van der Waals surface area contributed by atoms with Gasteiger partial charge in [0.25, 0.3) is 0 Å². The first-order chi connectivity index (χ1) is 9.25. The average Bonchev–Trinajstić information content (AvgIpc) is 2.91. The van der Waals surface area contributed by atoms with Crippen LogP contribution in [0.4, 0.5) is 5.69 Å². The number of carbonyl (C=O) groups is 1. The summed E-state index contributed by atoms with van der Waals surface area (Å²) in [5.74, 6) is -0.465. The van der Waals surface area contributed by atoms with Gasteiger partial charge in [-0.3, -0.25) is 0 Å². The van der Waals surface area contributed by atoms with Gasteiger partial charge in [-0.25, -0.2) is 4.79 Å². The molecule has 0 radical (unpaired) electrons. The van der Waals surface area contributed by atoms with E-state index >= 15 is 0 Å². The Labute approximate surface area is 114 Å². The van der Waals surface area contributed by atoms with Crippen LogP contribution in [0.2, 0.25) is 0 Å². The summed E-state index contributed by atoms with van der Waals surface area (Å²) in [5, 5.41) is 11.2. The second kappa shape index (κ2) is 4.93. The van der Waals surface area contributed by atoms with E-state index in [9.17, 15) is 9.90 Å². The second-order valence-electron chi connectivity index (χ2n) is 4.31. The number of fused-ring (bicyclic) bond motifs is 1. The maximum Gasteiger partial charge on any atom is 0.339 e. The molecular weight excluding hydrogens is 262 g/mol. The lowest BCUT2D eigenvalue weighted by Crippen LogP contribution is -2.32. The zero-order valence-corrected chi connectivity index (χ0v) is 11.0. The number of carboxylic acid groups (broad SMARTS) is 1. The number of para-hydroxylation sites is 1. The van der Waals surface area contributed by atoms with E-state index in [2.05, 4.69) is 11.0 Å². The van der Waals surface area contributed by atoms with Gasteiger partial charge >= 0.3 is 5.97 Å². The minimum absolute atomic E-state index is 0.230. The van der Waals surface area contributed by atoms with Crippen LogP contribution in [-0.2, 0) is 6.54 Å². The Kier molecular flexibility index (Phi) is 3.13. The molecule has 1 aliphatic rings. The molecule has 5 heteroatoms. The summed E-state index contributed by atoms with van der Waals surface area (Å²) in [6, 6.07) is 9.36.